The van der Waals surface area contributed by atoms with Gasteiger partial charge in [0.2, 0.25) is 0 Å². The summed E-state index contributed by atoms with van der Waals surface area (Å²) >= 11 is 4.62. The average Bonchev–Trinajstić information content (AvgIpc) is 2.58. The van der Waals surface area contributed by atoms with Crippen molar-refractivity contribution >= 4 is 50.1 Å². The van der Waals surface area contributed by atoms with Gasteiger partial charge in [0, 0.05) is 11.9 Å². The summed E-state index contributed by atoms with van der Waals surface area (Å²) in [6.07, 6.45) is -1.49. The molecule has 26 heavy (non-hydrogen) atoms. The molecule has 3 aromatic rings. The van der Waals surface area contributed by atoms with Gasteiger partial charge in [-0.3, -0.25) is 4.79 Å². The molecule has 1 aromatic carbocycles. The fourth-order valence-electron chi connectivity index (χ4n) is 2.16. The van der Waals surface area contributed by atoms with Gasteiger partial charge in [-0.2, -0.15) is 0 Å². The summed E-state index contributed by atoms with van der Waals surface area (Å²) in [5, 5.41) is 3.60. The number of H-pyrrole nitrogens is 1. The Balaban J connectivity index is 2.01. The van der Waals surface area contributed by atoms with Gasteiger partial charge in [-0.1, -0.05) is 11.8 Å². The molecule has 0 atom stereocenters. The number of rotatable bonds is 4. The first-order valence-electron chi connectivity index (χ1n) is 7.02. The lowest BCUT2D eigenvalue weighted by atomic mass is 10.2. The molecule has 6 nitrogen and oxygen atoms in total. The monoisotopic (exact) mass is 446 g/mol. The van der Waals surface area contributed by atoms with Crippen molar-refractivity contribution in [2.24, 2.45) is 0 Å². The van der Waals surface area contributed by atoms with Gasteiger partial charge in [-0.15, -0.1) is 13.2 Å². The van der Waals surface area contributed by atoms with E-state index in [0.29, 0.717) is 20.8 Å². The third-order valence-corrected chi connectivity index (χ3v) is 4.36. The molecule has 0 spiro atoms. The third kappa shape index (κ3) is 4.10. The molecule has 0 unspecified atom stereocenters. The molecule has 0 saturated heterocycles. The van der Waals surface area contributed by atoms with Crippen molar-refractivity contribution in [1.29, 1.82) is 0 Å². The molecule has 2 N–H and O–H groups in total. The van der Waals surface area contributed by atoms with Crippen LogP contribution in [0, 0.1) is 0 Å². The summed E-state index contributed by atoms with van der Waals surface area (Å²) in [4.78, 5) is 23.4. The van der Waals surface area contributed by atoms with Gasteiger partial charge in [0.25, 0.3) is 5.56 Å². The van der Waals surface area contributed by atoms with E-state index in [1.165, 1.54) is 30.1 Å². The summed E-state index contributed by atoms with van der Waals surface area (Å²) < 4.78 is 41.1. The molecule has 3 rings (SSSR count). The van der Waals surface area contributed by atoms with Gasteiger partial charge >= 0.3 is 6.36 Å². The van der Waals surface area contributed by atoms with E-state index in [4.69, 9.17) is 0 Å². The number of hydrogen-bond acceptors (Lipinski definition) is 6. The Kier molecular flexibility index (Phi) is 5.10. The number of hydrogen-bond donors (Lipinski definition) is 2. The topological polar surface area (TPSA) is 79.9 Å². The molecular formula is C15H10BrF3N4O2S. The summed E-state index contributed by atoms with van der Waals surface area (Å²) in [6, 6.07) is 5.10. The number of nitrogens with zero attached hydrogens (tertiary/aromatic N) is 2. The van der Waals surface area contributed by atoms with E-state index in [9.17, 15) is 18.0 Å². The Labute approximate surface area is 157 Å². The Morgan fingerprint density at radius 1 is 1.23 bits per heavy atom. The first-order valence-corrected chi connectivity index (χ1v) is 9.04. The van der Waals surface area contributed by atoms with E-state index >= 15 is 0 Å². The van der Waals surface area contributed by atoms with E-state index in [-0.39, 0.29) is 17.0 Å². The summed E-state index contributed by atoms with van der Waals surface area (Å²) in [5.41, 5.74) is 0.467. The van der Waals surface area contributed by atoms with Gasteiger partial charge in [-0.25, -0.2) is 9.97 Å². The second-order valence-electron chi connectivity index (χ2n) is 4.95. The smallest absolute Gasteiger partial charge is 0.406 e. The van der Waals surface area contributed by atoms with Crippen molar-refractivity contribution in [3.8, 4) is 5.75 Å². The highest BCUT2D eigenvalue weighted by Gasteiger charge is 2.31. The molecule has 11 heteroatoms. The minimum absolute atomic E-state index is 0.229. The lowest BCUT2D eigenvalue weighted by Crippen LogP contribution is -2.17. The van der Waals surface area contributed by atoms with Gasteiger partial charge in [-0.05, 0) is 46.5 Å². The Morgan fingerprint density at radius 2 is 1.92 bits per heavy atom. The van der Waals surface area contributed by atoms with Crippen molar-refractivity contribution in [2.75, 3.05) is 11.6 Å². The molecule has 0 bridgehead atoms. The molecule has 0 radical (unpaired) electrons. The second kappa shape index (κ2) is 7.16. The van der Waals surface area contributed by atoms with E-state index in [2.05, 4.69) is 40.9 Å². The van der Waals surface area contributed by atoms with E-state index < -0.39 is 11.9 Å². The zero-order valence-corrected chi connectivity index (χ0v) is 15.4. The van der Waals surface area contributed by atoms with E-state index in [0.717, 1.165) is 12.1 Å². The molecular weight excluding hydrogens is 437 g/mol. The van der Waals surface area contributed by atoms with Crippen LogP contribution in [0.15, 0.2) is 44.9 Å². The number of alkyl halides is 3. The second-order valence-corrected chi connectivity index (χ2v) is 6.57. The molecule has 0 aliphatic carbocycles. The number of thioether (sulfide) groups is 1. The van der Waals surface area contributed by atoms with Crippen LogP contribution in [0.2, 0.25) is 0 Å². The highest BCUT2D eigenvalue weighted by atomic mass is 79.9. The van der Waals surface area contributed by atoms with Crippen LogP contribution in [-0.4, -0.2) is 27.6 Å². The lowest BCUT2D eigenvalue weighted by Gasteiger charge is -2.12. The fourth-order valence-corrected chi connectivity index (χ4v) is 2.92. The first kappa shape index (κ1) is 18.5. The molecule has 0 fully saturated rings. The number of fused-ring (bicyclic) bond motifs is 1. The zero-order chi connectivity index (χ0) is 18.9. The number of aromatic nitrogens is 3. The third-order valence-electron chi connectivity index (χ3n) is 3.20. The predicted molar refractivity (Wildman–Crippen MR) is 96.0 cm³/mol. The molecule has 136 valence electrons. The number of anilines is 2. The molecule has 0 amide bonds. The number of benzene rings is 1. The number of nitrogens with one attached hydrogen (secondary N) is 2. The fraction of sp³-hybridized carbons (Fsp3) is 0.133. The van der Waals surface area contributed by atoms with Gasteiger partial charge in [0.15, 0.2) is 5.16 Å². The average molecular weight is 447 g/mol. The molecule has 2 aromatic heterocycles. The zero-order valence-electron chi connectivity index (χ0n) is 13.0. The number of pyridine rings is 1. The van der Waals surface area contributed by atoms with Gasteiger partial charge < -0.3 is 15.0 Å². The molecule has 0 aliphatic heterocycles. The maximum absolute atomic E-state index is 12.2. The van der Waals surface area contributed by atoms with E-state index in [1.807, 2.05) is 0 Å². The van der Waals surface area contributed by atoms with E-state index in [1.54, 1.807) is 6.26 Å². The largest absolute Gasteiger partial charge is 0.573 e. The van der Waals surface area contributed by atoms with Crippen LogP contribution >= 0.6 is 27.7 Å². The Morgan fingerprint density at radius 3 is 2.54 bits per heavy atom. The van der Waals surface area contributed by atoms with Crippen LogP contribution in [0.5, 0.6) is 5.75 Å². The normalized spacial score (nSPS) is 11.6. The van der Waals surface area contributed by atoms with Crippen molar-refractivity contribution in [1.82, 2.24) is 15.0 Å². The molecule has 0 aliphatic rings. The maximum atomic E-state index is 12.2. The molecule has 2 heterocycles. The highest BCUT2D eigenvalue weighted by Crippen LogP contribution is 2.29. The van der Waals surface area contributed by atoms with Crippen LogP contribution in [0.3, 0.4) is 0 Å². The maximum Gasteiger partial charge on any atom is 0.573 e. The number of aromatic amines is 1. The minimum Gasteiger partial charge on any atom is -0.406 e. The summed E-state index contributed by atoms with van der Waals surface area (Å²) in [6.45, 7) is 0. The summed E-state index contributed by atoms with van der Waals surface area (Å²) in [5.74, 6) is -0.104. The van der Waals surface area contributed by atoms with Crippen LogP contribution in [0.25, 0.3) is 10.9 Å². The molecule has 0 saturated carbocycles. The van der Waals surface area contributed by atoms with Gasteiger partial charge in [0.1, 0.15) is 17.0 Å². The Bertz CT molecular complexity index is 1010. The standard InChI is InChI=1S/C15H10BrF3N4O2S/c1-26-14-22-11-9(16)6-20-13(24)10(11)12(23-14)21-7-2-4-8(5-3-7)25-15(17,18)19/h2-6H,1H3,(H,20,24)(H,21,22,23). The van der Waals surface area contributed by atoms with Crippen LogP contribution < -0.4 is 15.6 Å². The number of ether oxygens (including phenoxy) is 1. The van der Waals surface area contributed by atoms with Crippen molar-refractivity contribution in [3.63, 3.8) is 0 Å². The lowest BCUT2D eigenvalue weighted by molar-refractivity contribution is -0.274. The minimum atomic E-state index is -4.76. The quantitative estimate of drug-likeness (QED) is 0.455. The predicted octanol–water partition coefficient (Wildman–Crippen LogP) is 4.44. The van der Waals surface area contributed by atoms with Crippen LogP contribution in [-0.2, 0) is 0 Å². The van der Waals surface area contributed by atoms with Crippen molar-refractivity contribution in [3.05, 3.63) is 45.3 Å². The van der Waals surface area contributed by atoms with Crippen molar-refractivity contribution in [2.45, 2.75) is 11.5 Å². The highest BCUT2D eigenvalue weighted by molar-refractivity contribution is 9.10. The number of halogens is 4. The Hall–Kier alpha value is -2.27. The summed E-state index contributed by atoms with van der Waals surface area (Å²) in [7, 11) is 0. The van der Waals surface area contributed by atoms with Crippen LogP contribution in [0.1, 0.15) is 0 Å². The van der Waals surface area contributed by atoms with Crippen molar-refractivity contribution < 1.29 is 17.9 Å². The van der Waals surface area contributed by atoms with Crippen LogP contribution in [0.4, 0.5) is 24.7 Å². The SMILES string of the molecule is CSc1nc(Nc2ccc(OC(F)(F)F)cc2)c2c(=O)[nH]cc(Br)c2n1. The first-order chi connectivity index (χ1) is 12.3. The van der Waals surface area contributed by atoms with Gasteiger partial charge in [0.05, 0.1) is 9.99 Å².